The second-order valence-electron chi connectivity index (χ2n) is 3.88. The number of nitrogens with zero attached hydrogens (tertiary/aromatic N) is 2. The van der Waals surface area contributed by atoms with Crippen LogP contribution in [0.5, 0.6) is 5.75 Å². The zero-order valence-corrected chi connectivity index (χ0v) is 10.4. The molecule has 0 aliphatic carbocycles. The summed E-state index contributed by atoms with van der Waals surface area (Å²) >= 11 is 0. The molecule has 1 rings (SSSR count). The molecule has 0 spiro atoms. The zero-order valence-electron chi connectivity index (χ0n) is 10.4. The molecule has 0 amide bonds. The standard InChI is InChI=1S/C11H14N2O5/c1-4-5-18-11-7(2)6-9(12(14)15)8(3)10(11)13(16)17/h6H,4-5H2,1-3H3. The van der Waals surface area contributed by atoms with Gasteiger partial charge in [0, 0.05) is 11.6 Å². The summed E-state index contributed by atoms with van der Waals surface area (Å²) in [4.78, 5) is 20.6. The van der Waals surface area contributed by atoms with Gasteiger partial charge in [-0.25, -0.2) is 0 Å². The second kappa shape index (κ2) is 5.44. The number of rotatable bonds is 5. The number of ether oxygens (including phenoxy) is 1. The van der Waals surface area contributed by atoms with Crippen LogP contribution in [0.1, 0.15) is 24.5 Å². The van der Waals surface area contributed by atoms with Crippen LogP contribution in [0.25, 0.3) is 0 Å². The van der Waals surface area contributed by atoms with Crippen molar-refractivity contribution in [3.05, 3.63) is 37.4 Å². The minimum absolute atomic E-state index is 0.0155. The minimum Gasteiger partial charge on any atom is -0.487 e. The van der Waals surface area contributed by atoms with E-state index in [1.807, 2.05) is 6.92 Å². The average molecular weight is 254 g/mol. The normalized spacial score (nSPS) is 10.2. The molecule has 0 fully saturated rings. The van der Waals surface area contributed by atoms with Crippen molar-refractivity contribution in [2.75, 3.05) is 6.61 Å². The quantitative estimate of drug-likeness (QED) is 0.594. The first-order chi connectivity index (χ1) is 8.40. The molecule has 0 bridgehead atoms. The second-order valence-corrected chi connectivity index (χ2v) is 3.88. The van der Waals surface area contributed by atoms with Gasteiger partial charge in [0.05, 0.1) is 16.5 Å². The van der Waals surface area contributed by atoms with Crippen LogP contribution in [-0.4, -0.2) is 16.5 Å². The van der Waals surface area contributed by atoms with Crippen molar-refractivity contribution in [2.45, 2.75) is 27.2 Å². The Morgan fingerprint density at radius 2 is 1.83 bits per heavy atom. The van der Waals surface area contributed by atoms with E-state index < -0.39 is 9.85 Å². The Morgan fingerprint density at radius 3 is 2.28 bits per heavy atom. The van der Waals surface area contributed by atoms with Crippen LogP contribution < -0.4 is 4.74 Å². The maximum Gasteiger partial charge on any atom is 0.320 e. The first-order valence-corrected chi connectivity index (χ1v) is 5.45. The Balaban J connectivity index is 3.47. The number of aryl methyl sites for hydroxylation is 1. The van der Waals surface area contributed by atoms with E-state index in [1.165, 1.54) is 13.0 Å². The van der Waals surface area contributed by atoms with E-state index in [4.69, 9.17) is 4.74 Å². The molecule has 7 heteroatoms. The smallest absolute Gasteiger partial charge is 0.320 e. The van der Waals surface area contributed by atoms with Crippen LogP contribution in [0.2, 0.25) is 0 Å². The Kier molecular flexibility index (Phi) is 4.19. The molecule has 1 aromatic carbocycles. The molecule has 0 aliphatic rings. The van der Waals surface area contributed by atoms with Gasteiger partial charge in [-0.2, -0.15) is 0 Å². The monoisotopic (exact) mass is 254 g/mol. The van der Waals surface area contributed by atoms with Crippen LogP contribution in [0.4, 0.5) is 11.4 Å². The lowest BCUT2D eigenvalue weighted by Gasteiger charge is -2.10. The van der Waals surface area contributed by atoms with Gasteiger partial charge < -0.3 is 4.74 Å². The predicted octanol–water partition coefficient (Wildman–Crippen LogP) is 2.91. The third-order valence-corrected chi connectivity index (χ3v) is 2.50. The van der Waals surface area contributed by atoms with Crippen LogP contribution >= 0.6 is 0 Å². The summed E-state index contributed by atoms with van der Waals surface area (Å²) in [6, 6.07) is 1.30. The van der Waals surface area contributed by atoms with Gasteiger partial charge in [0.15, 0.2) is 0 Å². The summed E-state index contributed by atoms with van der Waals surface area (Å²) in [5, 5.41) is 21.9. The summed E-state index contributed by atoms with van der Waals surface area (Å²) in [6.07, 6.45) is 0.701. The van der Waals surface area contributed by atoms with E-state index in [0.717, 1.165) is 0 Å². The number of hydrogen-bond acceptors (Lipinski definition) is 5. The van der Waals surface area contributed by atoms with Gasteiger partial charge >= 0.3 is 5.69 Å². The van der Waals surface area contributed by atoms with E-state index >= 15 is 0 Å². The van der Waals surface area contributed by atoms with Gasteiger partial charge in [-0.15, -0.1) is 0 Å². The Bertz CT molecular complexity index is 499. The predicted molar refractivity (Wildman–Crippen MR) is 65.0 cm³/mol. The van der Waals surface area contributed by atoms with E-state index in [0.29, 0.717) is 18.6 Å². The first-order valence-electron chi connectivity index (χ1n) is 5.45. The molecule has 0 heterocycles. The van der Waals surface area contributed by atoms with Crippen molar-refractivity contribution in [1.29, 1.82) is 0 Å². The molecule has 1 aromatic rings. The summed E-state index contributed by atoms with van der Waals surface area (Å²) in [5.41, 5.74) is -0.174. The Morgan fingerprint density at radius 1 is 1.22 bits per heavy atom. The molecule has 0 saturated carbocycles. The van der Waals surface area contributed by atoms with Gasteiger partial charge in [-0.1, -0.05) is 6.92 Å². The fraction of sp³-hybridized carbons (Fsp3) is 0.455. The van der Waals surface area contributed by atoms with Gasteiger partial charge in [-0.3, -0.25) is 20.2 Å². The van der Waals surface area contributed by atoms with E-state index in [1.54, 1.807) is 6.92 Å². The van der Waals surface area contributed by atoms with E-state index in [-0.39, 0.29) is 22.7 Å². The van der Waals surface area contributed by atoms with Gasteiger partial charge in [0.1, 0.15) is 5.56 Å². The summed E-state index contributed by atoms with van der Waals surface area (Å²) in [7, 11) is 0. The molecular formula is C11H14N2O5. The molecular weight excluding hydrogens is 240 g/mol. The maximum atomic E-state index is 11.0. The highest BCUT2D eigenvalue weighted by molar-refractivity contribution is 5.64. The zero-order chi connectivity index (χ0) is 13.9. The first kappa shape index (κ1) is 13.9. The number of nitro groups is 2. The summed E-state index contributed by atoms with van der Waals surface area (Å²) in [6.45, 7) is 5.12. The van der Waals surface area contributed by atoms with E-state index in [2.05, 4.69) is 0 Å². The Hall–Kier alpha value is -2.18. The summed E-state index contributed by atoms with van der Waals surface area (Å²) < 4.78 is 5.33. The third-order valence-electron chi connectivity index (χ3n) is 2.50. The molecule has 98 valence electrons. The number of nitro benzene ring substituents is 2. The van der Waals surface area contributed by atoms with Crippen molar-refractivity contribution in [3.8, 4) is 5.75 Å². The molecule has 0 unspecified atom stereocenters. The maximum absolute atomic E-state index is 11.0. The van der Waals surface area contributed by atoms with Crippen LogP contribution in [0.15, 0.2) is 6.07 Å². The van der Waals surface area contributed by atoms with Crippen LogP contribution in [0, 0.1) is 34.1 Å². The molecule has 0 saturated heterocycles. The largest absolute Gasteiger partial charge is 0.487 e. The van der Waals surface area contributed by atoms with Gasteiger partial charge in [0.2, 0.25) is 5.75 Å². The molecule has 0 aliphatic heterocycles. The van der Waals surface area contributed by atoms with Crippen molar-refractivity contribution < 1.29 is 14.6 Å². The van der Waals surface area contributed by atoms with Crippen molar-refractivity contribution in [3.63, 3.8) is 0 Å². The molecule has 0 radical (unpaired) electrons. The number of hydrogen-bond donors (Lipinski definition) is 0. The average Bonchev–Trinajstić information content (AvgIpc) is 2.28. The van der Waals surface area contributed by atoms with Crippen molar-refractivity contribution >= 4 is 11.4 Å². The number of benzene rings is 1. The minimum atomic E-state index is -0.639. The highest BCUT2D eigenvalue weighted by Crippen LogP contribution is 2.39. The topological polar surface area (TPSA) is 95.5 Å². The fourth-order valence-corrected chi connectivity index (χ4v) is 1.65. The molecule has 0 aromatic heterocycles. The molecule has 0 N–H and O–H groups in total. The summed E-state index contributed by atoms with van der Waals surface area (Å²) in [5.74, 6) is 0.116. The van der Waals surface area contributed by atoms with Crippen LogP contribution in [0.3, 0.4) is 0 Å². The third kappa shape index (κ3) is 2.55. The van der Waals surface area contributed by atoms with Crippen molar-refractivity contribution in [2.24, 2.45) is 0 Å². The highest BCUT2D eigenvalue weighted by Gasteiger charge is 2.29. The SMILES string of the molecule is CCCOc1c(C)cc([N+](=O)[O-])c(C)c1[N+](=O)[O-]. The molecule has 7 nitrogen and oxygen atoms in total. The molecule has 0 atom stereocenters. The van der Waals surface area contributed by atoms with E-state index in [9.17, 15) is 20.2 Å². The lowest BCUT2D eigenvalue weighted by Crippen LogP contribution is -2.05. The lowest BCUT2D eigenvalue weighted by molar-refractivity contribution is -0.395. The lowest BCUT2D eigenvalue weighted by atomic mass is 10.1. The Labute approximate surface area is 104 Å². The highest BCUT2D eigenvalue weighted by atomic mass is 16.6. The fourth-order valence-electron chi connectivity index (χ4n) is 1.65. The van der Waals surface area contributed by atoms with Crippen molar-refractivity contribution in [1.82, 2.24) is 0 Å². The molecule has 18 heavy (non-hydrogen) atoms. The van der Waals surface area contributed by atoms with Gasteiger partial charge in [-0.05, 0) is 20.3 Å². The van der Waals surface area contributed by atoms with Gasteiger partial charge in [0.25, 0.3) is 5.69 Å². The van der Waals surface area contributed by atoms with Crippen LogP contribution in [-0.2, 0) is 0 Å².